The molecule has 0 radical (unpaired) electrons. The van der Waals surface area contributed by atoms with Gasteiger partial charge in [0.15, 0.2) is 0 Å². The molecule has 0 saturated carbocycles. The van der Waals surface area contributed by atoms with Crippen LogP contribution in [0.3, 0.4) is 0 Å². The van der Waals surface area contributed by atoms with Gasteiger partial charge in [-0.05, 0) is 130 Å². The fourth-order valence-electron chi connectivity index (χ4n) is 8.83. The second-order valence-electron chi connectivity index (χ2n) is 16.0. The summed E-state index contributed by atoms with van der Waals surface area (Å²) in [6.45, 7) is 0. The summed E-state index contributed by atoms with van der Waals surface area (Å²) >= 11 is 0. The third-order valence-corrected chi connectivity index (χ3v) is 12.0. The average Bonchev–Trinajstić information content (AvgIpc) is 4.04. The number of aromatic nitrogens is 4. The van der Waals surface area contributed by atoms with Gasteiger partial charge in [-0.2, -0.15) is 0 Å². The fraction of sp³-hybridized carbons (Fsp3) is 0. The third kappa shape index (κ3) is 7.84. The van der Waals surface area contributed by atoms with E-state index in [1.807, 2.05) is 36.9 Å². The van der Waals surface area contributed by atoms with E-state index >= 15 is 0 Å². The molecule has 4 heterocycles. The molecule has 66 heavy (non-hydrogen) atoms. The van der Waals surface area contributed by atoms with Gasteiger partial charge < -0.3 is 0 Å². The molecule has 0 unspecified atom stereocenters. The van der Waals surface area contributed by atoms with Crippen LogP contribution in [0.1, 0.15) is 0 Å². The Bertz CT molecular complexity index is 3070. The minimum atomic E-state index is 0.973. The minimum Gasteiger partial charge on any atom is -0.296 e. The predicted molar refractivity (Wildman–Crippen MR) is 272 cm³/mol. The van der Waals surface area contributed by atoms with Crippen LogP contribution in [0.25, 0.3) is 56.1 Å². The zero-order chi connectivity index (χ0) is 44.1. The number of nitrogens with zero attached hydrogens (tertiary/aromatic N) is 6. The van der Waals surface area contributed by atoms with E-state index in [0.717, 1.165) is 90.5 Å². The molecule has 0 aliphatic rings. The summed E-state index contributed by atoms with van der Waals surface area (Å²) < 4.78 is 4.64. The zero-order valence-electron chi connectivity index (χ0n) is 36.1. The van der Waals surface area contributed by atoms with E-state index in [9.17, 15) is 0 Å². The van der Waals surface area contributed by atoms with Gasteiger partial charge in [-0.3, -0.25) is 28.9 Å². The number of hydrogen-bond acceptors (Lipinski definition) is 4. The van der Waals surface area contributed by atoms with E-state index in [-0.39, 0.29) is 0 Å². The number of pyridine rings is 2. The zero-order valence-corrected chi connectivity index (χ0v) is 36.1. The summed E-state index contributed by atoms with van der Waals surface area (Å²) in [6.07, 6.45) is 7.48. The first kappa shape index (κ1) is 39.8. The van der Waals surface area contributed by atoms with Crippen molar-refractivity contribution in [1.29, 1.82) is 0 Å². The van der Waals surface area contributed by atoms with E-state index in [1.54, 1.807) is 0 Å². The number of rotatable bonds is 12. The van der Waals surface area contributed by atoms with Gasteiger partial charge >= 0.3 is 0 Å². The van der Waals surface area contributed by atoms with Crippen molar-refractivity contribution in [3.8, 4) is 56.1 Å². The number of benzene rings is 7. The summed E-state index contributed by atoms with van der Waals surface area (Å²) in [6, 6.07) is 85.6. The van der Waals surface area contributed by atoms with Crippen molar-refractivity contribution in [2.75, 3.05) is 9.80 Å². The van der Waals surface area contributed by atoms with Gasteiger partial charge in [0, 0.05) is 35.1 Å². The van der Waals surface area contributed by atoms with Crippen molar-refractivity contribution in [2.24, 2.45) is 0 Å². The van der Waals surface area contributed by atoms with Crippen LogP contribution in [-0.2, 0) is 0 Å². The lowest BCUT2D eigenvalue weighted by molar-refractivity contribution is 1.04. The first-order valence-electron chi connectivity index (χ1n) is 22.1. The molecule has 6 nitrogen and oxygen atoms in total. The molecular formula is C60H44N6. The normalized spacial score (nSPS) is 11.0. The molecule has 314 valence electrons. The number of para-hydroxylation sites is 2. The van der Waals surface area contributed by atoms with Crippen molar-refractivity contribution in [1.82, 2.24) is 19.1 Å². The van der Waals surface area contributed by atoms with Gasteiger partial charge in [-0.25, -0.2) is 0 Å². The van der Waals surface area contributed by atoms with E-state index in [4.69, 9.17) is 0 Å². The maximum absolute atomic E-state index is 4.53. The van der Waals surface area contributed by atoms with E-state index < -0.39 is 0 Å². The molecule has 0 bridgehead atoms. The summed E-state index contributed by atoms with van der Waals surface area (Å²) in [4.78, 5) is 13.6. The van der Waals surface area contributed by atoms with E-state index in [0.29, 0.717) is 0 Å². The summed E-state index contributed by atoms with van der Waals surface area (Å²) in [5.74, 6) is 2.03. The smallest absolute Gasteiger partial charge is 0.122 e. The lowest BCUT2D eigenvalue weighted by atomic mass is 10.00. The summed E-state index contributed by atoms with van der Waals surface area (Å²) in [5, 5.41) is 0. The minimum absolute atomic E-state index is 0.973. The highest BCUT2D eigenvalue weighted by atomic mass is 15.3. The Balaban J connectivity index is 0.900. The molecule has 7 aromatic carbocycles. The van der Waals surface area contributed by atoms with Crippen LogP contribution in [0.15, 0.2) is 267 Å². The molecule has 0 atom stereocenters. The predicted octanol–water partition coefficient (Wildman–Crippen LogP) is 15.7. The fourth-order valence-corrected chi connectivity index (χ4v) is 8.83. The van der Waals surface area contributed by atoms with Crippen molar-refractivity contribution in [3.63, 3.8) is 0 Å². The van der Waals surface area contributed by atoms with Gasteiger partial charge in [0.2, 0.25) is 0 Å². The largest absolute Gasteiger partial charge is 0.296 e. The molecule has 0 N–H and O–H groups in total. The highest BCUT2D eigenvalue weighted by Gasteiger charge is 2.23. The Hall–Kier alpha value is -9.00. The molecule has 6 heteroatoms. The standard InChI is InChI=1S/C60H44N6/c1-5-15-49(16-6-1)57-37-39-59(65(57)51-19-9-3-10-20-51)63(55-23-13-41-61-43-55)53-33-29-47(30-34-53)45-25-27-46(28-26-45)48-31-35-54(36-32-48)64(56-24-14-42-62-44-56)60-40-38-58(50-17-7-2-8-18-50)66(60)52-21-11-4-12-22-52/h1-44H. The number of hydrogen-bond donors (Lipinski definition) is 0. The van der Waals surface area contributed by atoms with Crippen molar-refractivity contribution < 1.29 is 0 Å². The van der Waals surface area contributed by atoms with Crippen LogP contribution in [0.5, 0.6) is 0 Å². The molecule has 11 aromatic rings. The van der Waals surface area contributed by atoms with E-state index in [1.165, 1.54) is 0 Å². The van der Waals surface area contributed by atoms with Crippen molar-refractivity contribution >= 4 is 34.4 Å². The molecule has 0 aliphatic carbocycles. The Morgan fingerprint density at radius 2 is 0.591 bits per heavy atom. The van der Waals surface area contributed by atoms with Gasteiger partial charge in [-0.15, -0.1) is 0 Å². The van der Waals surface area contributed by atoms with Crippen LogP contribution in [-0.4, -0.2) is 19.1 Å². The van der Waals surface area contributed by atoms with Crippen molar-refractivity contribution in [3.05, 3.63) is 267 Å². The maximum atomic E-state index is 4.53. The van der Waals surface area contributed by atoms with Gasteiger partial charge in [0.05, 0.1) is 35.2 Å². The second-order valence-corrected chi connectivity index (χ2v) is 16.0. The maximum Gasteiger partial charge on any atom is 0.122 e. The van der Waals surface area contributed by atoms with Gasteiger partial charge in [0.25, 0.3) is 0 Å². The SMILES string of the molecule is c1ccc(-c2ccc(N(c3ccc(-c4ccc(-c5ccc(N(c6cccnc6)c6ccc(-c7ccccc7)n6-c6ccccc6)cc5)cc4)cc3)c3cccnc3)n2-c2ccccc2)cc1. The third-order valence-electron chi connectivity index (χ3n) is 12.0. The Kier molecular flexibility index (Phi) is 10.9. The molecule has 11 rings (SSSR count). The molecule has 0 spiro atoms. The van der Waals surface area contributed by atoms with Crippen LogP contribution >= 0.6 is 0 Å². The second kappa shape index (κ2) is 18.0. The summed E-state index contributed by atoms with van der Waals surface area (Å²) in [7, 11) is 0. The molecule has 0 aliphatic heterocycles. The first-order valence-corrected chi connectivity index (χ1v) is 22.1. The molecule has 0 saturated heterocycles. The van der Waals surface area contributed by atoms with Gasteiger partial charge in [0.1, 0.15) is 11.6 Å². The van der Waals surface area contributed by atoms with Gasteiger partial charge in [-0.1, -0.05) is 146 Å². The lowest BCUT2D eigenvalue weighted by Gasteiger charge is -2.27. The topological polar surface area (TPSA) is 42.1 Å². The quantitative estimate of drug-likeness (QED) is 0.123. The van der Waals surface area contributed by atoms with Crippen LogP contribution in [0, 0.1) is 0 Å². The molecule has 0 fully saturated rings. The van der Waals surface area contributed by atoms with Crippen molar-refractivity contribution in [2.45, 2.75) is 0 Å². The first-order chi connectivity index (χ1) is 32.8. The van der Waals surface area contributed by atoms with Crippen LogP contribution in [0.2, 0.25) is 0 Å². The Morgan fingerprint density at radius 1 is 0.258 bits per heavy atom. The van der Waals surface area contributed by atoms with Crippen LogP contribution < -0.4 is 9.80 Å². The average molecular weight is 849 g/mol. The summed E-state index contributed by atoms with van der Waals surface area (Å²) in [5.41, 5.74) is 15.3. The highest BCUT2D eigenvalue weighted by Crippen LogP contribution is 2.42. The van der Waals surface area contributed by atoms with E-state index in [2.05, 4.69) is 259 Å². The monoisotopic (exact) mass is 848 g/mol. The number of anilines is 6. The Morgan fingerprint density at radius 3 is 0.924 bits per heavy atom. The van der Waals surface area contributed by atoms with Crippen LogP contribution in [0.4, 0.5) is 34.4 Å². The molecular weight excluding hydrogens is 805 g/mol. The Labute approximate surface area is 385 Å². The highest BCUT2D eigenvalue weighted by molar-refractivity contribution is 5.83. The molecule has 4 aromatic heterocycles. The lowest BCUT2D eigenvalue weighted by Crippen LogP contribution is -2.14. The molecule has 0 amide bonds.